The summed E-state index contributed by atoms with van der Waals surface area (Å²) in [7, 11) is 0. The van der Waals surface area contributed by atoms with Crippen molar-refractivity contribution in [3.05, 3.63) is 71.5 Å². The molecule has 0 aliphatic rings. The normalized spacial score (nSPS) is 10.1. The molecule has 0 aromatic heterocycles. The molecule has 5 heteroatoms. The number of carbonyl (C=O) groups is 1. The lowest BCUT2D eigenvalue weighted by molar-refractivity contribution is -0.131. The summed E-state index contributed by atoms with van der Waals surface area (Å²) in [5.74, 6) is -0.164. The fourth-order valence-corrected chi connectivity index (χ4v) is 2.49. The highest BCUT2D eigenvalue weighted by molar-refractivity contribution is 5.85. The summed E-state index contributed by atoms with van der Waals surface area (Å²) >= 11 is 0. The van der Waals surface area contributed by atoms with Gasteiger partial charge >= 0.3 is 0 Å². The number of rotatable bonds is 8. The van der Waals surface area contributed by atoms with Crippen molar-refractivity contribution >= 4 is 18.3 Å². The van der Waals surface area contributed by atoms with E-state index in [1.54, 1.807) is 12.1 Å². The minimum atomic E-state index is -0.257. The number of halogens is 2. The standard InChI is InChI=1S/C19H23FN2O.ClH/c20-18-9-6-17(7-10-18)8-11-19(23)22(15-13-21)14-12-16-4-2-1-3-5-16;/h1-7,9-10H,8,11-15,21H2;1H. The van der Waals surface area contributed by atoms with Crippen LogP contribution in [0, 0.1) is 5.82 Å². The second-order valence-corrected chi connectivity index (χ2v) is 5.53. The zero-order valence-corrected chi connectivity index (χ0v) is 14.5. The van der Waals surface area contributed by atoms with Gasteiger partial charge in [-0.15, -0.1) is 12.4 Å². The van der Waals surface area contributed by atoms with E-state index in [0.717, 1.165) is 12.0 Å². The summed E-state index contributed by atoms with van der Waals surface area (Å²) in [5.41, 5.74) is 7.80. The van der Waals surface area contributed by atoms with Crippen molar-refractivity contribution in [2.24, 2.45) is 5.73 Å². The van der Waals surface area contributed by atoms with Crippen LogP contribution in [-0.4, -0.2) is 30.4 Å². The Morgan fingerprint density at radius 1 is 0.917 bits per heavy atom. The molecule has 0 bridgehead atoms. The third kappa shape index (κ3) is 6.69. The highest BCUT2D eigenvalue weighted by Gasteiger charge is 2.12. The van der Waals surface area contributed by atoms with Crippen molar-refractivity contribution in [2.75, 3.05) is 19.6 Å². The third-order valence-corrected chi connectivity index (χ3v) is 3.81. The van der Waals surface area contributed by atoms with Gasteiger partial charge in [0.25, 0.3) is 0 Å². The quantitative estimate of drug-likeness (QED) is 0.794. The highest BCUT2D eigenvalue weighted by Crippen LogP contribution is 2.08. The number of nitrogens with zero attached hydrogens (tertiary/aromatic N) is 1. The van der Waals surface area contributed by atoms with Crippen LogP contribution in [-0.2, 0) is 17.6 Å². The number of hydrogen-bond acceptors (Lipinski definition) is 2. The Morgan fingerprint density at radius 3 is 2.17 bits per heavy atom. The smallest absolute Gasteiger partial charge is 0.222 e. The third-order valence-electron chi connectivity index (χ3n) is 3.81. The first-order valence-corrected chi connectivity index (χ1v) is 7.95. The summed E-state index contributed by atoms with van der Waals surface area (Å²) in [6, 6.07) is 16.4. The maximum Gasteiger partial charge on any atom is 0.222 e. The number of amides is 1. The largest absolute Gasteiger partial charge is 0.341 e. The topological polar surface area (TPSA) is 46.3 Å². The van der Waals surface area contributed by atoms with Crippen LogP contribution in [0.25, 0.3) is 0 Å². The Hall–Kier alpha value is -1.91. The van der Waals surface area contributed by atoms with E-state index in [1.165, 1.54) is 17.7 Å². The fraction of sp³-hybridized carbons (Fsp3) is 0.316. The molecule has 0 aliphatic heterocycles. The van der Waals surface area contributed by atoms with Gasteiger partial charge in [0.1, 0.15) is 5.82 Å². The maximum atomic E-state index is 12.9. The molecule has 0 fully saturated rings. The van der Waals surface area contributed by atoms with E-state index in [-0.39, 0.29) is 24.1 Å². The van der Waals surface area contributed by atoms with Gasteiger partial charge in [-0.25, -0.2) is 4.39 Å². The second kappa shape index (κ2) is 10.8. The van der Waals surface area contributed by atoms with Gasteiger partial charge in [-0.3, -0.25) is 4.79 Å². The molecule has 0 heterocycles. The van der Waals surface area contributed by atoms with Gasteiger partial charge in [0.2, 0.25) is 5.91 Å². The summed E-state index contributed by atoms with van der Waals surface area (Å²) < 4.78 is 12.9. The van der Waals surface area contributed by atoms with Gasteiger partial charge in [-0.05, 0) is 36.1 Å². The van der Waals surface area contributed by atoms with E-state index in [2.05, 4.69) is 12.1 Å². The van der Waals surface area contributed by atoms with Crippen LogP contribution in [0.15, 0.2) is 54.6 Å². The molecule has 2 aromatic rings. The molecule has 2 rings (SSSR count). The first kappa shape index (κ1) is 20.1. The number of aryl methyl sites for hydroxylation is 1. The summed E-state index contributed by atoms with van der Waals surface area (Å²) in [5, 5.41) is 0. The van der Waals surface area contributed by atoms with Gasteiger partial charge in [0.15, 0.2) is 0 Å². The van der Waals surface area contributed by atoms with E-state index < -0.39 is 0 Å². The molecule has 0 saturated heterocycles. The van der Waals surface area contributed by atoms with E-state index in [0.29, 0.717) is 32.5 Å². The lowest BCUT2D eigenvalue weighted by atomic mass is 10.1. The lowest BCUT2D eigenvalue weighted by Gasteiger charge is -2.22. The Morgan fingerprint density at radius 2 is 1.54 bits per heavy atom. The Balaban J connectivity index is 0.00000288. The van der Waals surface area contributed by atoms with Crippen molar-refractivity contribution in [2.45, 2.75) is 19.3 Å². The Bertz CT molecular complexity index is 605. The van der Waals surface area contributed by atoms with Crippen molar-refractivity contribution in [1.82, 2.24) is 4.90 Å². The molecule has 1 amide bonds. The fourth-order valence-electron chi connectivity index (χ4n) is 2.49. The average molecular weight is 351 g/mol. The molecule has 0 atom stereocenters. The lowest BCUT2D eigenvalue weighted by Crippen LogP contribution is -2.37. The molecule has 0 unspecified atom stereocenters. The van der Waals surface area contributed by atoms with Crippen LogP contribution in [0.4, 0.5) is 4.39 Å². The summed E-state index contributed by atoms with van der Waals surface area (Å²) in [6.45, 7) is 1.69. The van der Waals surface area contributed by atoms with Crippen molar-refractivity contribution in [3.8, 4) is 0 Å². The van der Waals surface area contributed by atoms with Crippen LogP contribution >= 0.6 is 12.4 Å². The van der Waals surface area contributed by atoms with E-state index in [9.17, 15) is 9.18 Å². The number of carbonyl (C=O) groups excluding carboxylic acids is 1. The molecule has 2 N–H and O–H groups in total. The van der Waals surface area contributed by atoms with Crippen LogP contribution in [0.3, 0.4) is 0 Å². The van der Waals surface area contributed by atoms with Crippen molar-refractivity contribution in [1.29, 1.82) is 0 Å². The first-order valence-electron chi connectivity index (χ1n) is 7.95. The molecule has 0 spiro atoms. The zero-order chi connectivity index (χ0) is 16.5. The molecule has 0 radical (unpaired) electrons. The van der Waals surface area contributed by atoms with Gasteiger partial charge in [-0.2, -0.15) is 0 Å². The molecule has 0 saturated carbocycles. The van der Waals surface area contributed by atoms with Crippen LogP contribution < -0.4 is 5.73 Å². The summed E-state index contributed by atoms with van der Waals surface area (Å²) in [4.78, 5) is 14.2. The van der Waals surface area contributed by atoms with Gasteiger partial charge < -0.3 is 10.6 Å². The zero-order valence-electron chi connectivity index (χ0n) is 13.7. The molecular weight excluding hydrogens is 327 g/mol. The summed E-state index contributed by atoms with van der Waals surface area (Å²) in [6.07, 6.45) is 1.86. The number of hydrogen-bond donors (Lipinski definition) is 1. The van der Waals surface area contributed by atoms with E-state index in [1.807, 2.05) is 23.1 Å². The van der Waals surface area contributed by atoms with Crippen LogP contribution in [0.5, 0.6) is 0 Å². The number of benzene rings is 2. The Kier molecular flexibility index (Phi) is 9.05. The van der Waals surface area contributed by atoms with E-state index >= 15 is 0 Å². The number of nitrogens with two attached hydrogens (primary N) is 1. The molecule has 130 valence electrons. The molecule has 2 aromatic carbocycles. The monoisotopic (exact) mass is 350 g/mol. The molecule has 0 aliphatic carbocycles. The minimum absolute atomic E-state index is 0. The predicted molar refractivity (Wildman–Crippen MR) is 97.7 cm³/mol. The van der Waals surface area contributed by atoms with Gasteiger partial charge in [0.05, 0.1) is 0 Å². The average Bonchev–Trinajstić information content (AvgIpc) is 2.58. The molecule has 24 heavy (non-hydrogen) atoms. The molecule has 3 nitrogen and oxygen atoms in total. The molecular formula is C19H24ClFN2O. The van der Waals surface area contributed by atoms with Crippen molar-refractivity contribution < 1.29 is 9.18 Å². The maximum absolute atomic E-state index is 12.9. The Labute approximate surface area is 149 Å². The highest BCUT2D eigenvalue weighted by atomic mass is 35.5. The van der Waals surface area contributed by atoms with Crippen molar-refractivity contribution in [3.63, 3.8) is 0 Å². The van der Waals surface area contributed by atoms with Gasteiger partial charge in [-0.1, -0.05) is 42.5 Å². The van der Waals surface area contributed by atoms with E-state index in [4.69, 9.17) is 5.73 Å². The van der Waals surface area contributed by atoms with Gasteiger partial charge in [0, 0.05) is 26.1 Å². The SMILES string of the molecule is Cl.NCCN(CCc1ccccc1)C(=O)CCc1ccc(F)cc1. The predicted octanol–water partition coefficient (Wildman–Crippen LogP) is 3.21. The first-order chi connectivity index (χ1) is 11.2. The van der Waals surface area contributed by atoms with Crippen LogP contribution in [0.1, 0.15) is 17.5 Å². The second-order valence-electron chi connectivity index (χ2n) is 5.53. The van der Waals surface area contributed by atoms with Crippen LogP contribution in [0.2, 0.25) is 0 Å². The minimum Gasteiger partial charge on any atom is -0.341 e.